The number of Topliss-reactive ketones (excluding diaryl/α,β-unsaturated/α-hetero) is 1. The minimum atomic E-state index is -1.72. The molecule has 2 aromatic rings. The van der Waals surface area contributed by atoms with Crippen LogP contribution in [0, 0.1) is 17.2 Å². The average Bonchev–Trinajstić information content (AvgIpc) is 2.53. The van der Waals surface area contributed by atoms with Crippen molar-refractivity contribution in [2.75, 3.05) is 0 Å². The first-order chi connectivity index (χ1) is 10.1. The lowest BCUT2D eigenvalue weighted by Crippen LogP contribution is -2.46. The maximum Gasteiger partial charge on any atom is 0.244 e. The minimum absolute atomic E-state index is 0.163. The van der Waals surface area contributed by atoms with E-state index in [-0.39, 0.29) is 5.78 Å². The van der Waals surface area contributed by atoms with E-state index in [0.29, 0.717) is 22.4 Å². The number of rotatable bonds is 1. The van der Waals surface area contributed by atoms with E-state index in [1.54, 1.807) is 55.5 Å². The Kier molecular flexibility index (Phi) is 3.00. The molecule has 0 saturated carbocycles. The number of hydrogen-bond donors (Lipinski definition) is 1. The third kappa shape index (κ3) is 1.99. The van der Waals surface area contributed by atoms with Gasteiger partial charge in [-0.25, -0.2) is 0 Å². The standard InChI is InChI=1S/C17H13NO3/c1-11-16(19)14-4-2-3-5-15(14)21-17(11,20)13-8-6-12(10-18)7-9-13/h2-9,11,20H,1H3/t11-,17-/m1/s1. The van der Waals surface area contributed by atoms with Gasteiger partial charge in [-0.1, -0.05) is 24.3 Å². The first-order valence-electron chi connectivity index (χ1n) is 6.61. The number of nitriles is 1. The van der Waals surface area contributed by atoms with Crippen molar-refractivity contribution in [1.82, 2.24) is 0 Å². The molecule has 0 aromatic heterocycles. The summed E-state index contributed by atoms with van der Waals surface area (Å²) >= 11 is 0. The molecule has 1 heterocycles. The van der Waals surface area contributed by atoms with Crippen molar-refractivity contribution in [1.29, 1.82) is 5.26 Å². The Morgan fingerprint density at radius 1 is 1.19 bits per heavy atom. The molecule has 4 nitrogen and oxygen atoms in total. The quantitative estimate of drug-likeness (QED) is 0.871. The third-order valence-electron chi connectivity index (χ3n) is 3.83. The van der Waals surface area contributed by atoms with Gasteiger partial charge in [-0.05, 0) is 31.2 Å². The SMILES string of the molecule is C[C@@H]1C(=O)c2ccccc2O[C@@]1(O)c1ccc(C#N)cc1. The second-order valence-corrected chi connectivity index (χ2v) is 5.07. The van der Waals surface area contributed by atoms with E-state index in [2.05, 4.69) is 0 Å². The number of hydrogen-bond acceptors (Lipinski definition) is 4. The highest BCUT2D eigenvalue weighted by Gasteiger charge is 2.47. The second kappa shape index (κ2) is 4.72. The Balaban J connectivity index is 2.09. The normalized spacial score (nSPS) is 23.9. The van der Waals surface area contributed by atoms with Crippen LogP contribution in [0.1, 0.15) is 28.4 Å². The van der Waals surface area contributed by atoms with Crippen LogP contribution in [0.25, 0.3) is 0 Å². The van der Waals surface area contributed by atoms with Gasteiger partial charge in [0.05, 0.1) is 23.1 Å². The summed E-state index contributed by atoms with van der Waals surface area (Å²) in [6.45, 7) is 1.64. The van der Waals surface area contributed by atoms with Crippen molar-refractivity contribution in [3.05, 3.63) is 65.2 Å². The number of fused-ring (bicyclic) bond motifs is 1. The maximum atomic E-state index is 12.4. The number of ether oxygens (including phenoxy) is 1. The van der Waals surface area contributed by atoms with Gasteiger partial charge in [-0.2, -0.15) is 5.26 Å². The van der Waals surface area contributed by atoms with Crippen molar-refractivity contribution in [3.8, 4) is 11.8 Å². The highest BCUT2D eigenvalue weighted by atomic mass is 16.6. The molecule has 0 radical (unpaired) electrons. The summed E-state index contributed by atoms with van der Waals surface area (Å²) in [4.78, 5) is 12.4. The Bertz CT molecular complexity index is 745. The van der Waals surface area contributed by atoms with Crippen molar-refractivity contribution in [2.24, 2.45) is 5.92 Å². The van der Waals surface area contributed by atoms with Crippen molar-refractivity contribution >= 4 is 5.78 Å². The molecule has 2 atom stereocenters. The number of carbonyl (C=O) groups is 1. The zero-order valence-corrected chi connectivity index (χ0v) is 11.4. The van der Waals surface area contributed by atoms with E-state index in [4.69, 9.17) is 10.00 Å². The van der Waals surface area contributed by atoms with E-state index in [1.807, 2.05) is 6.07 Å². The summed E-state index contributed by atoms with van der Waals surface area (Å²) in [5, 5.41) is 19.7. The summed E-state index contributed by atoms with van der Waals surface area (Å²) in [5.74, 6) is -2.25. The van der Waals surface area contributed by atoms with Crippen LogP contribution in [0.5, 0.6) is 5.75 Å². The van der Waals surface area contributed by atoms with Gasteiger partial charge in [0.25, 0.3) is 0 Å². The average molecular weight is 279 g/mol. The number of aliphatic hydroxyl groups is 1. The molecule has 0 amide bonds. The predicted molar refractivity (Wildman–Crippen MR) is 75.6 cm³/mol. The zero-order chi connectivity index (χ0) is 15.0. The molecule has 0 aliphatic carbocycles. The molecule has 0 fully saturated rings. The molecule has 104 valence electrons. The number of nitrogens with zero attached hydrogens (tertiary/aromatic N) is 1. The van der Waals surface area contributed by atoms with E-state index in [1.165, 1.54) is 0 Å². The highest BCUT2D eigenvalue weighted by molar-refractivity contribution is 6.01. The number of carbonyl (C=O) groups excluding carboxylic acids is 1. The van der Waals surface area contributed by atoms with Gasteiger partial charge in [-0.3, -0.25) is 4.79 Å². The molecule has 0 bridgehead atoms. The molecule has 1 aliphatic heterocycles. The molecule has 1 aliphatic rings. The van der Waals surface area contributed by atoms with Crippen LogP contribution in [-0.2, 0) is 5.79 Å². The molecule has 21 heavy (non-hydrogen) atoms. The molecular weight excluding hydrogens is 266 g/mol. The number of para-hydroxylation sites is 1. The second-order valence-electron chi connectivity index (χ2n) is 5.07. The Hall–Kier alpha value is -2.64. The van der Waals surface area contributed by atoms with Gasteiger partial charge in [0.1, 0.15) is 5.75 Å². The summed E-state index contributed by atoms with van der Waals surface area (Å²) in [6, 6.07) is 15.3. The van der Waals surface area contributed by atoms with Crippen LogP contribution < -0.4 is 4.74 Å². The molecule has 0 unspecified atom stereocenters. The van der Waals surface area contributed by atoms with Crippen molar-refractivity contribution in [3.63, 3.8) is 0 Å². The summed E-state index contributed by atoms with van der Waals surface area (Å²) in [6.07, 6.45) is 0. The van der Waals surface area contributed by atoms with Crippen LogP contribution in [0.4, 0.5) is 0 Å². The Morgan fingerprint density at radius 3 is 2.52 bits per heavy atom. The molecule has 0 saturated heterocycles. The summed E-state index contributed by atoms with van der Waals surface area (Å²) in [5.41, 5.74) is 1.41. The predicted octanol–water partition coefficient (Wildman–Crippen LogP) is 2.61. The van der Waals surface area contributed by atoms with E-state index in [9.17, 15) is 9.90 Å². The van der Waals surface area contributed by atoms with Gasteiger partial charge in [0.15, 0.2) is 5.78 Å². The van der Waals surface area contributed by atoms with Crippen molar-refractivity contribution < 1.29 is 14.6 Å². The lowest BCUT2D eigenvalue weighted by atomic mass is 9.84. The Labute approximate surface area is 122 Å². The van der Waals surface area contributed by atoms with Crippen LogP contribution in [0.3, 0.4) is 0 Å². The van der Waals surface area contributed by atoms with Crippen molar-refractivity contribution in [2.45, 2.75) is 12.7 Å². The van der Waals surface area contributed by atoms with E-state index >= 15 is 0 Å². The lowest BCUT2D eigenvalue weighted by Gasteiger charge is -2.38. The van der Waals surface area contributed by atoms with Gasteiger partial charge in [0.2, 0.25) is 5.79 Å². The van der Waals surface area contributed by atoms with Crippen LogP contribution in [0.15, 0.2) is 48.5 Å². The molecule has 4 heteroatoms. The maximum absolute atomic E-state index is 12.4. The topological polar surface area (TPSA) is 70.3 Å². The van der Waals surface area contributed by atoms with Crippen LogP contribution >= 0.6 is 0 Å². The third-order valence-corrected chi connectivity index (χ3v) is 3.83. The fourth-order valence-electron chi connectivity index (χ4n) is 2.52. The molecule has 0 spiro atoms. The first-order valence-corrected chi connectivity index (χ1v) is 6.61. The Morgan fingerprint density at radius 2 is 1.86 bits per heavy atom. The molecular formula is C17H13NO3. The molecule has 3 rings (SSSR count). The molecule has 1 N–H and O–H groups in total. The fourth-order valence-corrected chi connectivity index (χ4v) is 2.52. The van der Waals surface area contributed by atoms with Gasteiger partial charge in [-0.15, -0.1) is 0 Å². The van der Waals surface area contributed by atoms with E-state index in [0.717, 1.165) is 0 Å². The van der Waals surface area contributed by atoms with Crippen LogP contribution in [-0.4, -0.2) is 10.9 Å². The van der Waals surface area contributed by atoms with Crippen LogP contribution in [0.2, 0.25) is 0 Å². The summed E-state index contributed by atoms with van der Waals surface area (Å²) < 4.78 is 5.71. The van der Waals surface area contributed by atoms with Gasteiger partial charge in [0, 0.05) is 5.56 Å². The van der Waals surface area contributed by atoms with E-state index < -0.39 is 11.7 Å². The summed E-state index contributed by atoms with van der Waals surface area (Å²) in [7, 11) is 0. The number of ketones is 1. The fraction of sp³-hybridized carbons (Fsp3) is 0.176. The zero-order valence-electron chi connectivity index (χ0n) is 11.4. The number of benzene rings is 2. The monoisotopic (exact) mass is 279 g/mol. The molecule has 2 aromatic carbocycles. The smallest absolute Gasteiger partial charge is 0.244 e. The van der Waals surface area contributed by atoms with Gasteiger partial charge >= 0.3 is 0 Å². The minimum Gasteiger partial charge on any atom is -0.457 e. The highest BCUT2D eigenvalue weighted by Crippen LogP contribution is 2.41. The largest absolute Gasteiger partial charge is 0.457 e. The van der Waals surface area contributed by atoms with Gasteiger partial charge < -0.3 is 9.84 Å². The first kappa shape index (κ1) is 13.3. The lowest BCUT2D eigenvalue weighted by molar-refractivity contribution is -0.176.